The van der Waals surface area contributed by atoms with Crippen LogP contribution in [0.2, 0.25) is 0 Å². The van der Waals surface area contributed by atoms with Gasteiger partial charge in [-0.3, -0.25) is 0 Å². The minimum atomic E-state index is 0.509. The largest absolute Gasteiger partial charge is 0.492 e. The first-order valence-corrected chi connectivity index (χ1v) is 6.49. The van der Waals surface area contributed by atoms with Gasteiger partial charge in [0.1, 0.15) is 12.4 Å². The molecular weight excluding hydrogens is 210 g/mol. The molecule has 1 fully saturated rings. The minimum Gasteiger partial charge on any atom is -0.492 e. The molecule has 1 aliphatic carbocycles. The SMILES string of the molecule is CNC(COc1cc(C)cc(C)c1C)C1CC1. The maximum Gasteiger partial charge on any atom is 0.122 e. The molecule has 0 bridgehead atoms. The molecule has 0 amide bonds. The van der Waals surface area contributed by atoms with Crippen LogP contribution in [0.4, 0.5) is 0 Å². The molecule has 1 aromatic carbocycles. The molecule has 2 heteroatoms. The van der Waals surface area contributed by atoms with Crippen LogP contribution in [0.5, 0.6) is 5.75 Å². The fourth-order valence-corrected chi connectivity index (χ4v) is 2.28. The Morgan fingerprint density at radius 2 is 2.00 bits per heavy atom. The molecule has 94 valence electrons. The average molecular weight is 233 g/mol. The maximum absolute atomic E-state index is 5.99. The van der Waals surface area contributed by atoms with Gasteiger partial charge in [0.05, 0.1) is 0 Å². The zero-order valence-corrected chi connectivity index (χ0v) is 11.3. The number of benzene rings is 1. The van der Waals surface area contributed by atoms with Crippen LogP contribution in [0.25, 0.3) is 0 Å². The summed E-state index contributed by atoms with van der Waals surface area (Å²) in [5.41, 5.74) is 3.85. The monoisotopic (exact) mass is 233 g/mol. The fraction of sp³-hybridized carbons (Fsp3) is 0.600. The van der Waals surface area contributed by atoms with Crippen LogP contribution in [0.3, 0.4) is 0 Å². The van der Waals surface area contributed by atoms with E-state index in [0.717, 1.165) is 18.3 Å². The van der Waals surface area contributed by atoms with Crippen LogP contribution in [0, 0.1) is 26.7 Å². The number of aryl methyl sites for hydroxylation is 2. The molecule has 1 unspecified atom stereocenters. The van der Waals surface area contributed by atoms with Crippen LogP contribution >= 0.6 is 0 Å². The van der Waals surface area contributed by atoms with Gasteiger partial charge in [-0.25, -0.2) is 0 Å². The molecule has 17 heavy (non-hydrogen) atoms. The van der Waals surface area contributed by atoms with Crippen molar-refractivity contribution in [2.75, 3.05) is 13.7 Å². The Kier molecular flexibility index (Phi) is 3.72. The lowest BCUT2D eigenvalue weighted by Crippen LogP contribution is -2.33. The van der Waals surface area contributed by atoms with Gasteiger partial charge in [-0.1, -0.05) is 6.07 Å². The van der Waals surface area contributed by atoms with E-state index >= 15 is 0 Å². The Bertz CT molecular complexity index is 396. The van der Waals surface area contributed by atoms with Crippen molar-refractivity contribution >= 4 is 0 Å². The molecule has 2 nitrogen and oxygen atoms in total. The van der Waals surface area contributed by atoms with Gasteiger partial charge in [0.25, 0.3) is 0 Å². The van der Waals surface area contributed by atoms with E-state index in [0.29, 0.717) is 6.04 Å². The van der Waals surface area contributed by atoms with Crippen molar-refractivity contribution in [2.45, 2.75) is 39.7 Å². The number of nitrogens with one attached hydrogen (secondary N) is 1. The topological polar surface area (TPSA) is 21.3 Å². The maximum atomic E-state index is 5.99. The van der Waals surface area contributed by atoms with Gasteiger partial charge >= 0.3 is 0 Å². The zero-order chi connectivity index (χ0) is 12.4. The summed E-state index contributed by atoms with van der Waals surface area (Å²) >= 11 is 0. The molecule has 0 aliphatic heterocycles. The first kappa shape index (κ1) is 12.4. The third-order valence-corrected chi connectivity index (χ3v) is 3.74. The van der Waals surface area contributed by atoms with E-state index in [1.165, 1.54) is 29.5 Å². The molecule has 0 spiro atoms. The second-order valence-corrected chi connectivity index (χ2v) is 5.25. The summed E-state index contributed by atoms with van der Waals surface area (Å²) in [6.45, 7) is 7.18. The summed E-state index contributed by atoms with van der Waals surface area (Å²) in [5, 5.41) is 3.36. The Balaban J connectivity index is 2.02. The van der Waals surface area contributed by atoms with Crippen LogP contribution in [-0.4, -0.2) is 19.7 Å². The molecule has 1 N–H and O–H groups in total. The quantitative estimate of drug-likeness (QED) is 0.844. The standard InChI is InChI=1S/C15H23NO/c1-10-7-11(2)12(3)15(8-10)17-9-14(16-4)13-5-6-13/h7-8,13-14,16H,5-6,9H2,1-4H3. The first-order chi connectivity index (χ1) is 8.11. The average Bonchev–Trinajstić information content (AvgIpc) is 3.10. The van der Waals surface area contributed by atoms with Crippen molar-refractivity contribution in [1.29, 1.82) is 0 Å². The highest BCUT2D eigenvalue weighted by Crippen LogP contribution is 2.33. The van der Waals surface area contributed by atoms with Crippen LogP contribution in [0.1, 0.15) is 29.5 Å². The third-order valence-electron chi connectivity index (χ3n) is 3.74. The van der Waals surface area contributed by atoms with Crippen molar-refractivity contribution < 1.29 is 4.74 Å². The molecule has 0 saturated heterocycles. The van der Waals surface area contributed by atoms with Crippen LogP contribution < -0.4 is 10.1 Å². The van der Waals surface area contributed by atoms with E-state index in [1.54, 1.807) is 0 Å². The van der Waals surface area contributed by atoms with Gasteiger partial charge in [0, 0.05) is 6.04 Å². The molecule has 0 aromatic heterocycles. The Hall–Kier alpha value is -1.02. The van der Waals surface area contributed by atoms with E-state index in [-0.39, 0.29) is 0 Å². The van der Waals surface area contributed by atoms with Crippen molar-refractivity contribution in [3.8, 4) is 5.75 Å². The summed E-state index contributed by atoms with van der Waals surface area (Å²) in [4.78, 5) is 0. The van der Waals surface area contributed by atoms with Gasteiger partial charge in [0.15, 0.2) is 0 Å². The summed E-state index contributed by atoms with van der Waals surface area (Å²) in [6, 6.07) is 4.86. The third kappa shape index (κ3) is 3.01. The summed E-state index contributed by atoms with van der Waals surface area (Å²) < 4.78 is 5.99. The number of rotatable bonds is 5. The Morgan fingerprint density at radius 3 is 2.59 bits per heavy atom. The van der Waals surface area contributed by atoms with Crippen molar-refractivity contribution in [3.63, 3.8) is 0 Å². The number of likely N-dealkylation sites (N-methyl/N-ethyl adjacent to an activating group) is 1. The lowest BCUT2D eigenvalue weighted by atomic mass is 10.1. The van der Waals surface area contributed by atoms with Gasteiger partial charge < -0.3 is 10.1 Å². The number of hydrogen-bond donors (Lipinski definition) is 1. The van der Waals surface area contributed by atoms with Crippen molar-refractivity contribution in [3.05, 3.63) is 28.8 Å². The van der Waals surface area contributed by atoms with Gasteiger partial charge in [-0.15, -0.1) is 0 Å². The summed E-state index contributed by atoms with van der Waals surface area (Å²) in [5.74, 6) is 1.87. The summed E-state index contributed by atoms with van der Waals surface area (Å²) in [7, 11) is 2.03. The lowest BCUT2D eigenvalue weighted by Gasteiger charge is -2.18. The summed E-state index contributed by atoms with van der Waals surface area (Å²) in [6.07, 6.45) is 2.70. The smallest absolute Gasteiger partial charge is 0.122 e. The number of ether oxygens (including phenoxy) is 1. The fourth-order valence-electron chi connectivity index (χ4n) is 2.28. The van der Waals surface area contributed by atoms with E-state index < -0.39 is 0 Å². The highest BCUT2D eigenvalue weighted by Gasteiger charge is 2.30. The molecular formula is C15H23NO. The normalized spacial score (nSPS) is 16.9. The minimum absolute atomic E-state index is 0.509. The number of hydrogen-bond acceptors (Lipinski definition) is 2. The molecule has 1 aromatic rings. The van der Waals surface area contributed by atoms with Gasteiger partial charge in [0.2, 0.25) is 0 Å². The highest BCUT2D eigenvalue weighted by atomic mass is 16.5. The van der Waals surface area contributed by atoms with E-state index in [4.69, 9.17) is 4.74 Å². The van der Waals surface area contributed by atoms with E-state index in [2.05, 4.69) is 38.2 Å². The van der Waals surface area contributed by atoms with Gasteiger partial charge in [-0.2, -0.15) is 0 Å². The molecule has 1 saturated carbocycles. The van der Waals surface area contributed by atoms with Crippen molar-refractivity contribution in [1.82, 2.24) is 5.32 Å². The Morgan fingerprint density at radius 1 is 1.29 bits per heavy atom. The molecule has 0 heterocycles. The predicted octanol–water partition coefficient (Wildman–Crippen LogP) is 2.99. The first-order valence-electron chi connectivity index (χ1n) is 6.49. The molecule has 0 radical (unpaired) electrons. The van der Waals surface area contributed by atoms with Gasteiger partial charge in [-0.05, 0) is 69.3 Å². The predicted molar refractivity (Wildman–Crippen MR) is 71.7 cm³/mol. The zero-order valence-electron chi connectivity index (χ0n) is 11.3. The molecule has 2 rings (SSSR count). The van der Waals surface area contributed by atoms with Crippen LogP contribution in [0.15, 0.2) is 12.1 Å². The van der Waals surface area contributed by atoms with Crippen molar-refractivity contribution in [2.24, 2.45) is 5.92 Å². The lowest BCUT2D eigenvalue weighted by molar-refractivity contribution is 0.255. The highest BCUT2D eigenvalue weighted by molar-refractivity contribution is 5.41. The second-order valence-electron chi connectivity index (χ2n) is 5.25. The molecule has 1 aliphatic rings. The molecule has 1 atom stereocenters. The van der Waals surface area contributed by atoms with Crippen LogP contribution in [-0.2, 0) is 0 Å². The van der Waals surface area contributed by atoms with E-state index in [9.17, 15) is 0 Å². The Labute approximate surface area is 104 Å². The van der Waals surface area contributed by atoms with E-state index in [1.807, 2.05) is 7.05 Å². The second kappa shape index (κ2) is 5.09.